The van der Waals surface area contributed by atoms with Crippen LogP contribution in [0.15, 0.2) is 40.9 Å². The molecule has 60 heavy (non-hydrogen) atoms. The van der Waals surface area contributed by atoms with Crippen LogP contribution in [0.3, 0.4) is 0 Å². The van der Waals surface area contributed by atoms with E-state index in [9.17, 15) is 9.59 Å². The van der Waals surface area contributed by atoms with Gasteiger partial charge in [-0.25, -0.2) is 9.59 Å². The number of carbonyl (C=O) groups is 2. The molecule has 3 fully saturated rings. The highest BCUT2D eigenvalue weighted by Crippen LogP contribution is 2.43. The quantitative estimate of drug-likeness (QED) is 0.266. The van der Waals surface area contributed by atoms with Crippen LogP contribution in [0, 0.1) is 0 Å². The average molecular weight is 905 g/mol. The standard InChI is InChI=1S/C18H28BNO5.C12H24B2O4.C12H16BrNO3/c1-16(2,3)23-15(21)20-13-10-9-12(11-14(13)22-8)19-24-17(4,5)18(6,7)25-19;1-9(2)10(3,4)16-13(15-9)14-17-11(5,6)12(7,8)18-14;1-12(2,3)17-11(15)14-9-6-5-8(13)7-10(9)16-4/h9-11H,1-8H3,(H,20,21);1-8H3;5-7H,1-4H3,(H,14,15). The Morgan fingerprint density at radius 2 is 0.850 bits per heavy atom. The Hall–Kier alpha value is -2.99. The molecule has 2 amide bonds. The van der Waals surface area contributed by atoms with Gasteiger partial charge in [-0.05, 0) is 160 Å². The number of ether oxygens (including phenoxy) is 4. The zero-order chi connectivity index (χ0) is 46.1. The molecule has 2 aromatic carbocycles. The van der Waals surface area contributed by atoms with Gasteiger partial charge in [0.15, 0.2) is 0 Å². The van der Waals surface area contributed by atoms with Crippen molar-refractivity contribution >= 4 is 66.1 Å². The molecule has 3 aliphatic heterocycles. The van der Waals surface area contributed by atoms with Crippen molar-refractivity contribution in [3.05, 3.63) is 40.9 Å². The van der Waals surface area contributed by atoms with Gasteiger partial charge < -0.3 is 46.9 Å². The zero-order valence-electron chi connectivity index (χ0n) is 39.5. The first-order chi connectivity index (χ1) is 27.0. The number of rotatable bonds is 6. The third kappa shape index (κ3) is 13.3. The minimum Gasteiger partial charge on any atom is -0.495 e. The van der Waals surface area contributed by atoms with Crippen LogP contribution in [0.2, 0.25) is 0 Å². The van der Waals surface area contributed by atoms with Gasteiger partial charge in [0.2, 0.25) is 0 Å². The normalized spacial score (nSPS) is 20.5. The van der Waals surface area contributed by atoms with Gasteiger partial charge in [-0.15, -0.1) is 0 Å². The fourth-order valence-corrected chi connectivity index (χ4v) is 5.87. The first kappa shape index (κ1) is 51.4. The SMILES string of the molecule is CC1(C)OB(B2OC(C)(C)C(C)(C)O2)OC1(C)C.COc1cc(B2OC(C)(C)C(C)(C)O2)ccc1NC(=O)OC(C)(C)C.COc1cc(Br)ccc1NC(=O)OC(C)(C)C. The Morgan fingerprint density at radius 1 is 0.533 bits per heavy atom. The predicted molar refractivity (Wildman–Crippen MR) is 241 cm³/mol. The van der Waals surface area contributed by atoms with E-state index in [-0.39, 0.29) is 22.4 Å². The molecule has 0 aliphatic carbocycles. The summed E-state index contributed by atoms with van der Waals surface area (Å²) in [5.41, 5.74) is -1.44. The van der Waals surface area contributed by atoms with Crippen LogP contribution in [-0.4, -0.2) is 92.4 Å². The largest absolute Gasteiger partial charge is 0.495 e. The first-order valence-electron chi connectivity index (χ1n) is 20.1. The van der Waals surface area contributed by atoms with Crippen LogP contribution in [0.5, 0.6) is 11.5 Å². The maximum absolute atomic E-state index is 12.0. The van der Waals surface area contributed by atoms with Crippen LogP contribution < -0.4 is 25.6 Å². The van der Waals surface area contributed by atoms with Crippen LogP contribution in [0.25, 0.3) is 0 Å². The molecule has 0 saturated carbocycles. The summed E-state index contributed by atoms with van der Waals surface area (Å²) in [6.07, 6.45) is -1.03. The van der Waals surface area contributed by atoms with Gasteiger partial charge in [0.25, 0.3) is 0 Å². The van der Waals surface area contributed by atoms with E-state index in [1.807, 2.05) is 137 Å². The Morgan fingerprint density at radius 3 is 1.18 bits per heavy atom. The van der Waals surface area contributed by atoms with Crippen LogP contribution in [0.4, 0.5) is 21.0 Å². The number of halogens is 1. The lowest BCUT2D eigenvalue weighted by Gasteiger charge is -2.32. The summed E-state index contributed by atoms with van der Waals surface area (Å²) in [4.78, 5) is 23.5. The molecule has 2 N–H and O–H groups in total. The minimum atomic E-state index is -0.569. The van der Waals surface area contributed by atoms with E-state index in [1.54, 1.807) is 38.5 Å². The zero-order valence-corrected chi connectivity index (χ0v) is 41.1. The third-order valence-electron chi connectivity index (χ3n) is 11.0. The number of carbonyl (C=O) groups excluding carboxylic acids is 2. The fourth-order valence-electron chi connectivity index (χ4n) is 5.53. The monoisotopic (exact) mass is 904 g/mol. The first-order valence-corrected chi connectivity index (χ1v) is 20.9. The van der Waals surface area contributed by atoms with E-state index in [1.165, 1.54) is 0 Å². The molecule has 0 radical (unpaired) electrons. The van der Waals surface area contributed by atoms with E-state index in [0.717, 1.165) is 9.94 Å². The molecule has 3 saturated heterocycles. The molecule has 0 spiro atoms. The molecule has 14 nitrogen and oxygen atoms in total. The predicted octanol–water partition coefficient (Wildman–Crippen LogP) is 9.40. The number of nitrogens with one attached hydrogen (secondary N) is 2. The molecule has 0 unspecified atom stereocenters. The summed E-state index contributed by atoms with van der Waals surface area (Å²) < 4.78 is 57.8. The van der Waals surface area contributed by atoms with Crippen molar-refractivity contribution in [2.45, 2.75) is 169 Å². The van der Waals surface area contributed by atoms with Gasteiger partial charge in [-0.2, -0.15) is 0 Å². The van der Waals surface area contributed by atoms with Crippen LogP contribution in [0.1, 0.15) is 125 Å². The number of benzene rings is 2. The van der Waals surface area contributed by atoms with Crippen LogP contribution in [-0.2, 0) is 37.4 Å². The lowest BCUT2D eigenvalue weighted by molar-refractivity contribution is 0.00578. The summed E-state index contributed by atoms with van der Waals surface area (Å²) >= 11 is 3.33. The Bertz CT molecular complexity index is 1740. The molecule has 3 aliphatic rings. The summed E-state index contributed by atoms with van der Waals surface area (Å²) in [6, 6.07) is 10.7. The highest BCUT2D eigenvalue weighted by atomic mass is 79.9. The second-order valence-corrected chi connectivity index (χ2v) is 20.8. The molecule has 2 aromatic rings. The highest BCUT2D eigenvalue weighted by molar-refractivity contribution is 9.10. The number of hydrogen-bond acceptors (Lipinski definition) is 12. The van der Waals surface area contributed by atoms with Crippen molar-refractivity contribution in [2.75, 3.05) is 24.9 Å². The Kier molecular flexibility index (Phi) is 15.7. The summed E-state index contributed by atoms with van der Waals surface area (Å²) in [5, 5.41) is 5.34. The second kappa shape index (κ2) is 18.4. The Labute approximate surface area is 368 Å². The fraction of sp³-hybridized carbons (Fsp3) is 0.667. The van der Waals surface area contributed by atoms with E-state index in [2.05, 4.69) is 26.6 Å². The molecule has 0 aromatic heterocycles. The molecule has 3 heterocycles. The van der Waals surface area contributed by atoms with Crippen molar-refractivity contribution in [1.29, 1.82) is 0 Å². The van der Waals surface area contributed by atoms with Crippen molar-refractivity contribution in [1.82, 2.24) is 0 Å². The van der Waals surface area contributed by atoms with E-state index < -0.39 is 55.7 Å². The van der Waals surface area contributed by atoms with E-state index in [0.29, 0.717) is 22.9 Å². The number of amides is 2. The number of hydrogen-bond donors (Lipinski definition) is 2. The van der Waals surface area contributed by atoms with Gasteiger partial charge in [0.05, 0.1) is 59.2 Å². The summed E-state index contributed by atoms with van der Waals surface area (Å²) in [7, 11) is 1.65. The van der Waals surface area contributed by atoms with Crippen molar-refractivity contribution in [3.8, 4) is 11.5 Å². The smallest absolute Gasteiger partial charge is 0.494 e. The second-order valence-electron chi connectivity index (χ2n) is 19.9. The summed E-state index contributed by atoms with van der Waals surface area (Å²) in [5.74, 6) is 1.09. The molecule has 18 heteroatoms. The topological polar surface area (TPSA) is 150 Å². The lowest BCUT2D eigenvalue weighted by atomic mass is 9.49. The van der Waals surface area contributed by atoms with Crippen molar-refractivity contribution in [2.24, 2.45) is 0 Å². The molecule has 0 atom stereocenters. The average Bonchev–Trinajstić information content (AvgIpc) is 3.53. The van der Waals surface area contributed by atoms with Gasteiger partial charge in [-0.3, -0.25) is 10.6 Å². The molecular formula is C42H68B3BrN2O12. The summed E-state index contributed by atoms with van der Waals surface area (Å²) in [6.45, 7) is 35.1. The number of anilines is 2. The van der Waals surface area contributed by atoms with Gasteiger partial charge in [0.1, 0.15) is 22.7 Å². The maximum Gasteiger partial charge on any atom is 0.494 e. The minimum absolute atomic E-state index is 0.360. The van der Waals surface area contributed by atoms with Gasteiger partial charge in [-0.1, -0.05) is 22.0 Å². The number of methoxy groups -OCH3 is 2. The van der Waals surface area contributed by atoms with E-state index in [4.69, 9.17) is 46.9 Å². The van der Waals surface area contributed by atoms with Gasteiger partial charge in [0, 0.05) is 4.47 Å². The molecule has 0 bridgehead atoms. The van der Waals surface area contributed by atoms with Crippen molar-refractivity contribution in [3.63, 3.8) is 0 Å². The van der Waals surface area contributed by atoms with Crippen molar-refractivity contribution < 1.29 is 56.5 Å². The van der Waals surface area contributed by atoms with Crippen LogP contribution >= 0.6 is 15.9 Å². The lowest BCUT2D eigenvalue weighted by Crippen LogP contribution is -2.41. The molecule has 334 valence electrons. The third-order valence-corrected chi connectivity index (χ3v) is 11.4. The molecular weight excluding hydrogens is 837 g/mol. The molecule has 5 rings (SSSR count). The Balaban J connectivity index is 0.000000247. The van der Waals surface area contributed by atoms with E-state index >= 15 is 0 Å². The van der Waals surface area contributed by atoms with Gasteiger partial charge >= 0.3 is 33.3 Å². The highest BCUT2D eigenvalue weighted by Gasteiger charge is 2.63. The maximum atomic E-state index is 12.0.